The van der Waals surface area contributed by atoms with Crippen LogP contribution < -0.4 is 0 Å². The van der Waals surface area contributed by atoms with Crippen molar-refractivity contribution in [1.82, 2.24) is 15.1 Å². The van der Waals surface area contributed by atoms with E-state index < -0.39 is 0 Å². The Balaban J connectivity index is 1.68. The Kier molecular flexibility index (Phi) is 4.52. The molecule has 1 aliphatic heterocycles. The maximum atomic E-state index is 13.3. The third kappa shape index (κ3) is 3.04. The molecule has 4 aromatic rings. The maximum absolute atomic E-state index is 13.3. The van der Waals surface area contributed by atoms with Crippen LogP contribution in [0.5, 0.6) is 5.75 Å². The SMILES string of the molecule is O=C1c2[nH]nc(-c3cc(Cl)ccc3O)c2C(c2ccccc2)N1Cc1ccccc1. The summed E-state index contributed by atoms with van der Waals surface area (Å²) >= 11 is 6.18. The van der Waals surface area contributed by atoms with Gasteiger partial charge in [-0.05, 0) is 29.3 Å². The number of rotatable bonds is 4. The lowest BCUT2D eigenvalue weighted by molar-refractivity contribution is 0.0730. The molecule has 2 N–H and O–H groups in total. The first-order valence-electron chi connectivity index (χ1n) is 9.60. The van der Waals surface area contributed by atoms with Crippen molar-refractivity contribution < 1.29 is 9.90 Å². The Morgan fingerprint density at radius 1 is 1.00 bits per heavy atom. The molecular weight excluding hydrogens is 398 g/mol. The molecule has 2 heterocycles. The molecule has 0 bridgehead atoms. The summed E-state index contributed by atoms with van der Waals surface area (Å²) in [6.45, 7) is 0.461. The normalized spacial score (nSPS) is 15.4. The molecule has 0 saturated carbocycles. The quantitative estimate of drug-likeness (QED) is 0.482. The van der Waals surface area contributed by atoms with Gasteiger partial charge in [0.2, 0.25) is 0 Å². The Hall–Kier alpha value is -3.57. The number of halogens is 1. The lowest BCUT2D eigenvalue weighted by Gasteiger charge is -2.26. The lowest BCUT2D eigenvalue weighted by Crippen LogP contribution is -2.29. The topological polar surface area (TPSA) is 69.2 Å². The van der Waals surface area contributed by atoms with Gasteiger partial charge in [-0.2, -0.15) is 5.10 Å². The van der Waals surface area contributed by atoms with Crippen LogP contribution in [0.25, 0.3) is 11.3 Å². The zero-order valence-corrected chi connectivity index (χ0v) is 16.7. The first-order chi connectivity index (χ1) is 14.6. The molecule has 3 aromatic carbocycles. The van der Waals surface area contributed by atoms with Crippen LogP contribution in [0, 0.1) is 0 Å². The van der Waals surface area contributed by atoms with Crippen LogP contribution in [0.3, 0.4) is 0 Å². The van der Waals surface area contributed by atoms with Gasteiger partial charge >= 0.3 is 0 Å². The number of H-pyrrole nitrogens is 1. The van der Waals surface area contributed by atoms with Crippen LogP contribution in [0.1, 0.15) is 33.2 Å². The highest BCUT2D eigenvalue weighted by Crippen LogP contribution is 2.45. The second-order valence-electron chi connectivity index (χ2n) is 7.25. The van der Waals surface area contributed by atoms with E-state index in [1.165, 1.54) is 6.07 Å². The number of hydrogen-bond acceptors (Lipinski definition) is 3. The Labute approximate surface area is 178 Å². The number of hydrogen-bond donors (Lipinski definition) is 2. The Morgan fingerprint density at radius 2 is 1.70 bits per heavy atom. The summed E-state index contributed by atoms with van der Waals surface area (Å²) in [5, 5.41) is 18.2. The molecule has 1 aromatic heterocycles. The van der Waals surface area contributed by atoms with Crippen molar-refractivity contribution in [3.05, 3.63) is 106 Å². The Bertz CT molecular complexity index is 1220. The standard InChI is InChI=1S/C24H18ClN3O2/c25-17-11-12-19(29)18(13-17)21-20-22(27-26-21)24(30)28(14-15-7-3-1-4-8-15)23(20)16-9-5-2-6-10-16/h1-13,23,29H,14H2,(H,26,27). The average Bonchev–Trinajstić information content (AvgIpc) is 3.31. The van der Waals surface area contributed by atoms with Gasteiger partial charge in [-0.25, -0.2) is 0 Å². The molecule has 0 aliphatic carbocycles. The molecular formula is C24H18ClN3O2. The van der Waals surface area contributed by atoms with Crippen molar-refractivity contribution in [3.63, 3.8) is 0 Å². The minimum atomic E-state index is -0.332. The summed E-state index contributed by atoms with van der Waals surface area (Å²) in [6, 6.07) is 24.2. The summed E-state index contributed by atoms with van der Waals surface area (Å²) in [4.78, 5) is 15.2. The van der Waals surface area contributed by atoms with Gasteiger partial charge in [0.25, 0.3) is 5.91 Å². The number of phenols is 1. The summed E-state index contributed by atoms with van der Waals surface area (Å²) in [7, 11) is 0. The van der Waals surface area contributed by atoms with Crippen LogP contribution in [0.4, 0.5) is 0 Å². The first-order valence-corrected chi connectivity index (χ1v) is 9.98. The van der Waals surface area contributed by atoms with Gasteiger partial charge in [-0.3, -0.25) is 9.89 Å². The smallest absolute Gasteiger partial charge is 0.273 e. The number of nitrogens with zero attached hydrogens (tertiary/aromatic N) is 2. The van der Waals surface area contributed by atoms with Gasteiger partial charge in [-0.15, -0.1) is 0 Å². The Morgan fingerprint density at radius 3 is 2.43 bits per heavy atom. The molecule has 0 radical (unpaired) electrons. The number of aromatic amines is 1. The van der Waals surface area contributed by atoms with Gasteiger partial charge in [-0.1, -0.05) is 72.3 Å². The lowest BCUT2D eigenvalue weighted by atomic mass is 9.95. The van der Waals surface area contributed by atoms with Crippen LogP contribution in [-0.4, -0.2) is 26.1 Å². The molecule has 1 unspecified atom stereocenters. The van der Waals surface area contributed by atoms with E-state index in [1.807, 2.05) is 65.6 Å². The van der Waals surface area contributed by atoms with E-state index in [-0.39, 0.29) is 17.7 Å². The van der Waals surface area contributed by atoms with Gasteiger partial charge in [0.05, 0.1) is 6.04 Å². The number of nitrogens with one attached hydrogen (secondary N) is 1. The van der Waals surface area contributed by atoms with Crippen molar-refractivity contribution in [2.45, 2.75) is 12.6 Å². The highest BCUT2D eigenvalue weighted by Gasteiger charge is 2.42. The van der Waals surface area contributed by atoms with Gasteiger partial charge in [0, 0.05) is 22.7 Å². The molecule has 30 heavy (non-hydrogen) atoms. The van der Waals surface area contributed by atoms with E-state index in [0.717, 1.165) is 16.7 Å². The van der Waals surface area contributed by atoms with Crippen molar-refractivity contribution in [2.24, 2.45) is 0 Å². The fraction of sp³-hybridized carbons (Fsp3) is 0.0833. The minimum Gasteiger partial charge on any atom is -0.507 e. The molecule has 1 amide bonds. The molecule has 5 nitrogen and oxygen atoms in total. The van der Waals surface area contributed by atoms with Crippen molar-refractivity contribution in [1.29, 1.82) is 0 Å². The largest absolute Gasteiger partial charge is 0.507 e. The maximum Gasteiger partial charge on any atom is 0.273 e. The molecule has 6 heteroatoms. The van der Waals surface area contributed by atoms with E-state index in [9.17, 15) is 9.90 Å². The third-order valence-corrected chi connectivity index (χ3v) is 5.62. The molecule has 0 saturated heterocycles. The predicted octanol–water partition coefficient (Wildman–Crippen LogP) is 5.18. The number of carbonyl (C=O) groups excluding carboxylic acids is 1. The molecule has 0 fully saturated rings. The van der Waals surface area contributed by atoms with E-state index in [0.29, 0.717) is 28.5 Å². The van der Waals surface area contributed by atoms with Crippen molar-refractivity contribution >= 4 is 17.5 Å². The summed E-state index contributed by atoms with van der Waals surface area (Å²) < 4.78 is 0. The predicted molar refractivity (Wildman–Crippen MR) is 115 cm³/mol. The first kappa shape index (κ1) is 18.5. The number of amides is 1. The zero-order chi connectivity index (χ0) is 20.7. The molecule has 148 valence electrons. The number of aromatic nitrogens is 2. The van der Waals surface area contributed by atoms with E-state index in [4.69, 9.17) is 11.6 Å². The van der Waals surface area contributed by atoms with Crippen molar-refractivity contribution in [3.8, 4) is 17.0 Å². The summed E-state index contributed by atoms with van der Waals surface area (Å²) in [5.41, 5.74) is 4.23. The van der Waals surface area contributed by atoms with E-state index in [1.54, 1.807) is 12.1 Å². The average molecular weight is 416 g/mol. The summed E-state index contributed by atoms with van der Waals surface area (Å²) in [5.74, 6) is -0.0579. The zero-order valence-electron chi connectivity index (χ0n) is 15.9. The number of phenolic OH excluding ortho intramolecular Hbond substituents is 1. The second-order valence-corrected chi connectivity index (χ2v) is 7.69. The number of aromatic hydroxyl groups is 1. The van der Waals surface area contributed by atoms with Gasteiger partial charge < -0.3 is 10.0 Å². The van der Waals surface area contributed by atoms with Crippen LogP contribution in [0.2, 0.25) is 5.02 Å². The highest BCUT2D eigenvalue weighted by atomic mass is 35.5. The second kappa shape index (κ2) is 7.35. The number of carbonyl (C=O) groups is 1. The number of fused-ring (bicyclic) bond motifs is 1. The fourth-order valence-corrected chi connectivity index (χ4v) is 4.20. The van der Waals surface area contributed by atoms with Gasteiger partial charge in [0.1, 0.15) is 17.1 Å². The van der Waals surface area contributed by atoms with Crippen LogP contribution in [-0.2, 0) is 6.54 Å². The van der Waals surface area contributed by atoms with E-state index in [2.05, 4.69) is 10.2 Å². The fourth-order valence-electron chi connectivity index (χ4n) is 4.02. The van der Waals surface area contributed by atoms with Gasteiger partial charge in [0.15, 0.2) is 0 Å². The third-order valence-electron chi connectivity index (χ3n) is 5.39. The highest BCUT2D eigenvalue weighted by molar-refractivity contribution is 6.31. The monoisotopic (exact) mass is 415 g/mol. The molecule has 5 rings (SSSR count). The molecule has 0 spiro atoms. The minimum absolute atomic E-state index is 0.0643. The summed E-state index contributed by atoms with van der Waals surface area (Å²) in [6.07, 6.45) is 0. The van der Waals surface area contributed by atoms with Crippen LogP contribution in [0.15, 0.2) is 78.9 Å². The van der Waals surface area contributed by atoms with E-state index >= 15 is 0 Å². The molecule has 1 aliphatic rings. The molecule has 1 atom stereocenters. The van der Waals surface area contributed by atoms with Crippen molar-refractivity contribution in [2.75, 3.05) is 0 Å². The van der Waals surface area contributed by atoms with Crippen LogP contribution >= 0.6 is 11.6 Å². The number of benzene rings is 3.